The van der Waals surface area contributed by atoms with Crippen LogP contribution in [0, 0.1) is 12.8 Å². The van der Waals surface area contributed by atoms with Crippen molar-refractivity contribution in [3.05, 3.63) is 29.6 Å². The monoisotopic (exact) mass is 384 g/mol. The lowest BCUT2D eigenvalue weighted by Gasteiger charge is -2.32. The molecule has 0 radical (unpaired) electrons. The normalized spacial score (nSPS) is 20.6. The van der Waals surface area contributed by atoms with Crippen molar-refractivity contribution in [3.8, 4) is 0 Å². The molecule has 4 rings (SSSR count). The molecule has 3 heterocycles. The van der Waals surface area contributed by atoms with Gasteiger partial charge in [0, 0.05) is 38.6 Å². The summed E-state index contributed by atoms with van der Waals surface area (Å²) in [6.45, 7) is 4.58. The largest absolute Gasteiger partial charge is 0.368 e. The van der Waals surface area contributed by atoms with Crippen LogP contribution in [0.4, 0.5) is 0 Å². The first-order valence-corrected chi connectivity index (χ1v) is 10.2. The first kappa shape index (κ1) is 18.9. The van der Waals surface area contributed by atoms with Crippen molar-refractivity contribution in [1.29, 1.82) is 0 Å². The number of benzene rings is 1. The van der Waals surface area contributed by atoms with Gasteiger partial charge in [0.15, 0.2) is 0 Å². The second-order valence-corrected chi connectivity index (χ2v) is 7.85. The molecule has 2 aromatic rings. The summed E-state index contributed by atoms with van der Waals surface area (Å²) < 4.78 is 5.49. The summed E-state index contributed by atoms with van der Waals surface area (Å²) in [6, 6.07) is 6.13. The molecule has 1 aromatic carbocycles. The van der Waals surface area contributed by atoms with Crippen molar-refractivity contribution in [3.63, 3.8) is 0 Å². The zero-order chi connectivity index (χ0) is 19.5. The molecule has 2 aliphatic rings. The molecule has 2 fully saturated rings. The van der Waals surface area contributed by atoms with Gasteiger partial charge in [0.25, 0.3) is 5.91 Å². The van der Waals surface area contributed by atoms with Crippen LogP contribution in [0.5, 0.6) is 0 Å². The minimum absolute atomic E-state index is 0.0214. The van der Waals surface area contributed by atoms with Gasteiger partial charge in [-0.3, -0.25) is 9.59 Å². The first-order valence-electron chi connectivity index (χ1n) is 10.2. The number of fused-ring (bicyclic) bond motifs is 1. The van der Waals surface area contributed by atoms with E-state index in [4.69, 9.17) is 4.74 Å². The summed E-state index contributed by atoms with van der Waals surface area (Å²) >= 11 is 0. The van der Waals surface area contributed by atoms with Crippen LogP contribution in [0.2, 0.25) is 0 Å². The Morgan fingerprint density at radius 3 is 2.86 bits per heavy atom. The number of carbonyl (C=O) groups excluding carboxylic acids is 2. The van der Waals surface area contributed by atoms with Gasteiger partial charge in [0.05, 0.1) is 11.0 Å². The molecule has 2 saturated heterocycles. The summed E-state index contributed by atoms with van der Waals surface area (Å²) in [7, 11) is 0. The van der Waals surface area contributed by atoms with Gasteiger partial charge in [-0.05, 0) is 50.3 Å². The Hall–Kier alpha value is -2.41. The van der Waals surface area contributed by atoms with Crippen LogP contribution < -0.4 is 5.32 Å². The van der Waals surface area contributed by atoms with Crippen LogP contribution in [0.25, 0.3) is 11.0 Å². The standard InChI is InChI=1S/C21H28N4O3/c1-14-4-5-16-17(13-14)24-19(23-16)6-9-22-20(26)15-7-10-25(11-8-15)21(27)18-3-2-12-28-18/h4-5,13,15,18H,2-3,6-12H2,1H3,(H,22,26)(H,23,24)/t18-/m0/s1. The number of piperidine rings is 1. The number of aromatic nitrogens is 2. The van der Waals surface area contributed by atoms with E-state index in [2.05, 4.69) is 28.3 Å². The number of nitrogens with one attached hydrogen (secondary N) is 2. The Morgan fingerprint density at radius 1 is 1.29 bits per heavy atom. The molecule has 2 N–H and O–H groups in total. The number of hydrogen-bond acceptors (Lipinski definition) is 4. The van der Waals surface area contributed by atoms with Gasteiger partial charge in [-0.25, -0.2) is 4.98 Å². The maximum absolute atomic E-state index is 12.5. The number of nitrogens with zero attached hydrogens (tertiary/aromatic N) is 2. The number of hydrogen-bond donors (Lipinski definition) is 2. The van der Waals surface area contributed by atoms with Crippen LogP contribution in [-0.4, -0.2) is 59.0 Å². The molecule has 2 aliphatic heterocycles. The van der Waals surface area contributed by atoms with Gasteiger partial charge in [-0.2, -0.15) is 0 Å². The molecule has 7 nitrogen and oxygen atoms in total. The molecule has 0 saturated carbocycles. The van der Waals surface area contributed by atoms with Crippen LogP contribution >= 0.6 is 0 Å². The minimum atomic E-state index is -0.266. The van der Waals surface area contributed by atoms with Crippen molar-refractivity contribution < 1.29 is 14.3 Å². The lowest BCUT2D eigenvalue weighted by atomic mass is 9.95. The van der Waals surface area contributed by atoms with E-state index >= 15 is 0 Å². The second kappa shape index (κ2) is 8.31. The maximum Gasteiger partial charge on any atom is 0.251 e. The Morgan fingerprint density at radius 2 is 2.11 bits per heavy atom. The molecule has 2 amide bonds. The van der Waals surface area contributed by atoms with E-state index < -0.39 is 0 Å². The smallest absolute Gasteiger partial charge is 0.251 e. The molecule has 1 atom stereocenters. The molecule has 0 bridgehead atoms. The third-order valence-electron chi connectivity index (χ3n) is 5.73. The average Bonchev–Trinajstić information content (AvgIpc) is 3.37. The van der Waals surface area contributed by atoms with Crippen LogP contribution in [0.15, 0.2) is 18.2 Å². The fourth-order valence-electron chi connectivity index (χ4n) is 4.08. The van der Waals surface area contributed by atoms with Crippen molar-refractivity contribution in [2.45, 2.75) is 45.1 Å². The fourth-order valence-corrected chi connectivity index (χ4v) is 4.08. The Bertz CT molecular complexity index is 848. The van der Waals surface area contributed by atoms with E-state index in [1.807, 2.05) is 17.0 Å². The Labute approximate surface area is 164 Å². The Balaban J connectivity index is 1.21. The number of imidazole rings is 1. The number of amides is 2. The van der Waals surface area contributed by atoms with E-state index in [-0.39, 0.29) is 23.8 Å². The highest BCUT2D eigenvalue weighted by molar-refractivity contribution is 5.82. The Kier molecular flexibility index (Phi) is 5.62. The molecular weight excluding hydrogens is 356 g/mol. The molecule has 150 valence electrons. The van der Waals surface area contributed by atoms with Gasteiger partial charge in [0.2, 0.25) is 5.91 Å². The summed E-state index contributed by atoms with van der Waals surface area (Å²) in [5, 5.41) is 3.03. The third kappa shape index (κ3) is 4.19. The van der Waals surface area contributed by atoms with E-state index in [0.29, 0.717) is 45.5 Å². The number of rotatable bonds is 5. The highest BCUT2D eigenvalue weighted by Gasteiger charge is 2.32. The number of H-pyrrole nitrogens is 1. The average molecular weight is 384 g/mol. The highest BCUT2D eigenvalue weighted by Crippen LogP contribution is 2.21. The zero-order valence-electron chi connectivity index (χ0n) is 16.4. The van der Waals surface area contributed by atoms with Gasteiger partial charge in [-0.1, -0.05) is 6.07 Å². The molecular formula is C21H28N4O3. The van der Waals surface area contributed by atoms with Crippen molar-refractivity contribution >= 4 is 22.8 Å². The lowest BCUT2D eigenvalue weighted by Crippen LogP contribution is -2.46. The van der Waals surface area contributed by atoms with E-state index in [1.54, 1.807) is 0 Å². The maximum atomic E-state index is 12.5. The van der Waals surface area contributed by atoms with Crippen LogP contribution in [0.3, 0.4) is 0 Å². The summed E-state index contributed by atoms with van der Waals surface area (Å²) in [5.74, 6) is 1.04. The molecule has 0 spiro atoms. The number of aryl methyl sites for hydroxylation is 1. The fraction of sp³-hybridized carbons (Fsp3) is 0.571. The molecule has 0 aliphatic carbocycles. The minimum Gasteiger partial charge on any atom is -0.368 e. The first-order chi connectivity index (χ1) is 13.6. The number of aromatic amines is 1. The lowest BCUT2D eigenvalue weighted by molar-refractivity contribution is -0.143. The van der Waals surface area contributed by atoms with Gasteiger partial charge in [0.1, 0.15) is 11.9 Å². The number of carbonyl (C=O) groups is 2. The predicted molar refractivity (Wildman–Crippen MR) is 106 cm³/mol. The van der Waals surface area contributed by atoms with Crippen LogP contribution in [-0.2, 0) is 20.7 Å². The quantitative estimate of drug-likeness (QED) is 0.825. The molecule has 7 heteroatoms. The van der Waals surface area contributed by atoms with Gasteiger partial charge < -0.3 is 19.9 Å². The van der Waals surface area contributed by atoms with Crippen molar-refractivity contribution in [2.75, 3.05) is 26.2 Å². The predicted octanol–water partition coefficient (Wildman–Crippen LogP) is 1.95. The zero-order valence-corrected chi connectivity index (χ0v) is 16.4. The number of likely N-dealkylation sites (tertiary alicyclic amines) is 1. The highest BCUT2D eigenvalue weighted by atomic mass is 16.5. The third-order valence-corrected chi connectivity index (χ3v) is 5.73. The van der Waals surface area contributed by atoms with Gasteiger partial charge in [-0.15, -0.1) is 0 Å². The summed E-state index contributed by atoms with van der Waals surface area (Å²) in [5.41, 5.74) is 3.18. The van der Waals surface area contributed by atoms with Crippen molar-refractivity contribution in [2.24, 2.45) is 5.92 Å². The second-order valence-electron chi connectivity index (χ2n) is 7.85. The van der Waals surface area contributed by atoms with E-state index in [9.17, 15) is 9.59 Å². The topological polar surface area (TPSA) is 87.3 Å². The molecule has 0 unspecified atom stereocenters. The van der Waals surface area contributed by atoms with Crippen molar-refractivity contribution in [1.82, 2.24) is 20.2 Å². The molecule has 28 heavy (non-hydrogen) atoms. The SMILES string of the molecule is Cc1ccc2nc(CCNC(=O)C3CCN(C(=O)[C@@H]4CCCO4)CC3)[nH]c2c1. The van der Waals surface area contributed by atoms with E-state index in [1.165, 1.54) is 5.56 Å². The number of ether oxygens (including phenoxy) is 1. The van der Waals surface area contributed by atoms with E-state index in [0.717, 1.165) is 29.7 Å². The summed E-state index contributed by atoms with van der Waals surface area (Å²) in [6.07, 6.45) is 3.62. The summed E-state index contributed by atoms with van der Waals surface area (Å²) in [4.78, 5) is 34.6. The van der Waals surface area contributed by atoms with Gasteiger partial charge >= 0.3 is 0 Å². The van der Waals surface area contributed by atoms with Crippen LogP contribution in [0.1, 0.15) is 37.1 Å². The molecule has 1 aromatic heterocycles.